The molecule has 1 N–H and O–H groups in total. The van der Waals surface area contributed by atoms with Crippen LogP contribution in [0.4, 0.5) is 0 Å². The van der Waals surface area contributed by atoms with Gasteiger partial charge in [-0.05, 0) is 25.8 Å². The molecule has 1 rings (SSSR count). The summed E-state index contributed by atoms with van der Waals surface area (Å²) in [5.74, 6) is 0.783. The summed E-state index contributed by atoms with van der Waals surface area (Å²) >= 11 is 0. The van der Waals surface area contributed by atoms with E-state index in [1.165, 1.54) is 5.56 Å². The van der Waals surface area contributed by atoms with E-state index in [1.54, 1.807) is 7.11 Å². The highest BCUT2D eigenvalue weighted by atomic mass is 16.5. The van der Waals surface area contributed by atoms with Gasteiger partial charge in [0.05, 0.1) is 0 Å². The highest BCUT2D eigenvalue weighted by molar-refractivity contribution is 5.25. The third kappa shape index (κ3) is 3.98. The van der Waals surface area contributed by atoms with Gasteiger partial charge in [-0.2, -0.15) is 0 Å². The number of rotatable bonds is 5. The minimum atomic E-state index is -0.0851. The largest absolute Gasteiger partial charge is 0.373 e. The molecule has 0 spiro atoms. The van der Waals surface area contributed by atoms with Crippen LogP contribution in [0.3, 0.4) is 0 Å². The molecule has 4 nitrogen and oxygen atoms in total. The molecular weight excluding hydrogens is 238 g/mol. The Kier molecular flexibility index (Phi) is 5.44. The fourth-order valence-electron chi connectivity index (χ4n) is 2.23. The molecule has 1 aromatic heterocycles. The van der Waals surface area contributed by atoms with Gasteiger partial charge in [-0.1, -0.05) is 27.7 Å². The number of nitrogens with zero attached hydrogens (tertiary/aromatic N) is 2. The Morgan fingerprint density at radius 3 is 2.05 bits per heavy atom. The predicted molar refractivity (Wildman–Crippen MR) is 78.1 cm³/mol. The average Bonchev–Trinajstić information content (AvgIpc) is 2.27. The molecule has 0 saturated carbocycles. The number of ether oxygens (including phenoxy) is 1. The van der Waals surface area contributed by atoms with E-state index in [4.69, 9.17) is 4.74 Å². The lowest BCUT2D eigenvalue weighted by Gasteiger charge is -2.28. The molecule has 0 aliphatic heterocycles. The van der Waals surface area contributed by atoms with Gasteiger partial charge in [-0.3, -0.25) is 0 Å². The zero-order valence-electron chi connectivity index (χ0n) is 13.3. The van der Waals surface area contributed by atoms with Gasteiger partial charge in [-0.25, -0.2) is 9.97 Å². The molecule has 4 heteroatoms. The molecule has 0 bridgehead atoms. The van der Waals surface area contributed by atoms with Crippen molar-refractivity contribution in [2.45, 2.75) is 54.2 Å². The summed E-state index contributed by atoms with van der Waals surface area (Å²) < 4.78 is 5.59. The third-order valence-corrected chi connectivity index (χ3v) is 3.25. The Hall–Kier alpha value is -1.00. The molecule has 0 aliphatic carbocycles. The van der Waals surface area contributed by atoms with Crippen LogP contribution in [0.15, 0.2) is 0 Å². The molecule has 19 heavy (non-hydrogen) atoms. The molecular formula is C15H27N3O. The molecule has 1 aromatic rings. The van der Waals surface area contributed by atoms with Crippen LogP contribution >= 0.6 is 0 Å². The zero-order chi connectivity index (χ0) is 14.6. The zero-order valence-corrected chi connectivity index (χ0v) is 13.3. The maximum absolute atomic E-state index is 5.59. The molecule has 1 heterocycles. The van der Waals surface area contributed by atoms with E-state index >= 15 is 0 Å². The van der Waals surface area contributed by atoms with Gasteiger partial charge in [0, 0.05) is 30.6 Å². The molecule has 0 aliphatic rings. The smallest absolute Gasteiger partial charge is 0.158 e. The number of aromatic nitrogens is 2. The summed E-state index contributed by atoms with van der Waals surface area (Å²) in [5.41, 5.74) is 3.25. The molecule has 0 saturated heterocycles. The standard InChI is InChI=1S/C15H27N3O/c1-8-16-9-12-10(2)17-14(18-11(12)3)13(19-7)15(4,5)6/h13,16H,8-9H2,1-7H3. The highest BCUT2D eigenvalue weighted by Crippen LogP contribution is 2.34. The number of hydrogen-bond acceptors (Lipinski definition) is 4. The van der Waals surface area contributed by atoms with Crippen molar-refractivity contribution in [1.29, 1.82) is 0 Å². The van der Waals surface area contributed by atoms with Crippen LogP contribution in [0.25, 0.3) is 0 Å². The summed E-state index contributed by atoms with van der Waals surface area (Å²) in [6, 6.07) is 0. The van der Waals surface area contributed by atoms with Crippen molar-refractivity contribution in [2.75, 3.05) is 13.7 Å². The third-order valence-electron chi connectivity index (χ3n) is 3.25. The monoisotopic (exact) mass is 265 g/mol. The van der Waals surface area contributed by atoms with Crippen LogP contribution in [0.1, 0.15) is 56.6 Å². The fraction of sp³-hybridized carbons (Fsp3) is 0.733. The van der Waals surface area contributed by atoms with Crippen LogP contribution < -0.4 is 5.32 Å². The van der Waals surface area contributed by atoms with Crippen molar-refractivity contribution in [3.8, 4) is 0 Å². The van der Waals surface area contributed by atoms with Gasteiger partial charge in [0.15, 0.2) is 5.82 Å². The first-order valence-corrected chi connectivity index (χ1v) is 6.88. The summed E-state index contributed by atoms with van der Waals surface area (Å²) in [6.45, 7) is 14.4. The Labute approximate surface area is 117 Å². The van der Waals surface area contributed by atoms with E-state index in [0.717, 1.165) is 30.3 Å². The number of hydrogen-bond donors (Lipinski definition) is 1. The van der Waals surface area contributed by atoms with E-state index in [9.17, 15) is 0 Å². The Balaban J connectivity index is 3.12. The van der Waals surface area contributed by atoms with Crippen LogP contribution in [-0.4, -0.2) is 23.6 Å². The van der Waals surface area contributed by atoms with Gasteiger partial charge >= 0.3 is 0 Å². The summed E-state index contributed by atoms with van der Waals surface area (Å²) in [7, 11) is 1.72. The number of aryl methyl sites for hydroxylation is 2. The lowest BCUT2D eigenvalue weighted by Crippen LogP contribution is -2.24. The van der Waals surface area contributed by atoms with Crippen LogP contribution in [0.2, 0.25) is 0 Å². The summed E-state index contributed by atoms with van der Waals surface area (Å²) in [4.78, 5) is 9.30. The molecule has 1 atom stereocenters. The van der Waals surface area contributed by atoms with Gasteiger partial charge in [0.1, 0.15) is 6.10 Å². The maximum atomic E-state index is 5.59. The molecule has 0 fully saturated rings. The van der Waals surface area contributed by atoms with E-state index < -0.39 is 0 Å². The Morgan fingerprint density at radius 2 is 1.68 bits per heavy atom. The predicted octanol–water partition coefficient (Wildman–Crippen LogP) is 2.94. The van der Waals surface area contributed by atoms with Crippen molar-refractivity contribution in [3.63, 3.8) is 0 Å². The topological polar surface area (TPSA) is 47.0 Å². The van der Waals surface area contributed by atoms with Crippen molar-refractivity contribution in [3.05, 3.63) is 22.8 Å². The molecule has 108 valence electrons. The summed E-state index contributed by atoms with van der Waals surface area (Å²) in [5, 5.41) is 3.33. The fourth-order valence-corrected chi connectivity index (χ4v) is 2.23. The first-order valence-electron chi connectivity index (χ1n) is 6.88. The van der Waals surface area contributed by atoms with Crippen LogP contribution in [-0.2, 0) is 11.3 Å². The van der Waals surface area contributed by atoms with E-state index in [0.29, 0.717) is 0 Å². The maximum Gasteiger partial charge on any atom is 0.158 e. The number of nitrogens with one attached hydrogen (secondary N) is 1. The second-order valence-corrected chi connectivity index (χ2v) is 5.99. The van der Waals surface area contributed by atoms with E-state index in [2.05, 4.69) is 43.0 Å². The van der Waals surface area contributed by atoms with Gasteiger partial charge in [0.25, 0.3) is 0 Å². The van der Waals surface area contributed by atoms with Gasteiger partial charge < -0.3 is 10.1 Å². The van der Waals surface area contributed by atoms with E-state index in [-0.39, 0.29) is 11.5 Å². The quantitative estimate of drug-likeness (QED) is 0.889. The molecule has 0 radical (unpaired) electrons. The van der Waals surface area contributed by atoms with Gasteiger partial charge in [-0.15, -0.1) is 0 Å². The lowest BCUT2D eigenvalue weighted by molar-refractivity contribution is 0.00839. The van der Waals surface area contributed by atoms with Crippen molar-refractivity contribution < 1.29 is 4.74 Å². The second-order valence-electron chi connectivity index (χ2n) is 5.99. The second kappa shape index (κ2) is 6.44. The van der Waals surface area contributed by atoms with E-state index in [1.807, 2.05) is 13.8 Å². The average molecular weight is 265 g/mol. The highest BCUT2D eigenvalue weighted by Gasteiger charge is 2.29. The minimum Gasteiger partial charge on any atom is -0.373 e. The van der Waals surface area contributed by atoms with Crippen LogP contribution in [0.5, 0.6) is 0 Å². The minimum absolute atomic E-state index is 0.0170. The van der Waals surface area contributed by atoms with Crippen LogP contribution in [0, 0.1) is 19.3 Å². The molecule has 0 amide bonds. The SMILES string of the molecule is CCNCc1c(C)nc(C(OC)C(C)(C)C)nc1C. The van der Waals surface area contributed by atoms with Crippen molar-refractivity contribution in [2.24, 2.45) is 5.41 Å². The Bertz CT molecular complexity index is 401. The van der Waals surface area contributed by atoms with Crippen molar-refractivity contribution in [1.82, 2.24) is 15.3 Å². The normalized spacial score (nSPS) is 13.6. The number of methoxy groups -OCH3 is 1. The molecule has 1 unspecified atom stereocenters. The molecule has 0 aromatic carbocycles. The first-order chi connectivity index (χ1) is 8.81. The van der Waals surface area contributed by atoms with Gasteiger partial charge in [0.2, 0.25) is 0 Å². The lowest BCUT2D eigenvalue weighted by atomic mass is 9.88. The van der Waals surface area contributed by atoms with Crippen molar-refractivity contribution >= 4 is 0 Å². The first kappa shape index (κ1) is 16.1. The summed E-state index contributed by atoms with van der Waals surface area (Å²) in [6.07, 6.45) is -0.0851. The Morgan fingerprint density at radius 1 is 1.16 bits per heavy atom.